The lowest BCUT2D eigenvalue weighted by molar-refractivity contribution is 0.102. The highest BCUT2D eigenvalue weighted by atomic mass is 16.3. The molecule has 0 atom stereocenters. The molecule has 1 heterocycles. The predicted octanol–water partition coefficient (Wildman–Crippen LogP) is 3.90. The van der Waals surface area contributed by atoms with E-state index >= 15 is 0 Å². The van der Waals surface area contributed by atoms with Crippen LogP contribution < -0.4 is 5.32 Å². The third-order valence-electron chi connectivity index (χ3n) is 4.14. The molecule has 0 aliphatic rings. The highest BCUT2D eigenvalue weighted by molar-refractivity contribution is 6.07. The Kier molecular flexibility index (Phi) is 4.32. The van der Waals surface area contributed by atoms with Crippen LogP contribution in [0, 0.1) is 20.8 Å². The topological polar surface area (TPSA) is 62.2 Å². The van der Waals surface area contributed by atoms with Crippen molar-refractivity contribution in [3.8, 4) is 0 Å². The van der Waals surface area contributed by atoms with Gasteiger partial charge in [-0.25, -0.2) is 0 Å². The van der Waals surface area contributed by atoms with Crippen LogP contribution in [0.3, 0.4) is 0 Å². The van der Waals surface area contributed by atoms with E-state index in [1.54, 1.807) is 6.07 Å². The summed E-state index contributed by atoms with van der Waals surface area (Å²) in [7, 11) is 0. The Balaban J connectivity index is 1.98. The molecule has 24 heavy (non-hydrogen) atoms. The number of amides is 1. The summed E-state index contributed by atoms with van der Waals surface area (Å²) in [5, 5.41) is 13.2. The number of pyridine rings is 1. The summed E-state index contributed by atoms with van der Waals surface area (Å²) in [6, 6.07) is 13.4. The summed E-state index contributed by atoms with van der Waals surface area (Å²) in [4.78, 5) is 17.2. The number of fused-ring (bicyclic) bond motifs is 1. The molecule has 0 aliphatic heterocycles. The lowest BCUT2D eigenvalue weighted by atomic mass is 10.1. The fraction of sp³-hybridized carbons (Fsp3) is 0.200. The molecule has 0 aliphatic carbocycles. The molecule has 3 rings (SSSR count). The Hall–Kier alpha value is -2.72. The Morgan fingerprint density at radius 2 is 1.88 bits per heavy atom. The fourth-order valence-electron chi connectivity index (χ4n) is 2.71. The number of hydrogen-bond donors (Lipinski definition) is 2. The molecule has 1 aromatic heterocycles. The number of aliphatic hydroxyl groups is 1. The Labute approximate surface area is 141 Å². The number of aliphatic hydroxyl groups excluding tert-OH is 1. The zero-order valence-electron chi connectivity index (χ0n) is 14.1. The highest BCUT2D eigenvalue weighted by Crippen LogP contribution is 2.21. The number of hydrogen-bond acceptors (Lipinski definition) is 3. The molecule has 4 heteroatoms. The molecule has 2 N–H and O–H groups in total. The van der Waals surface area contributed by atoms with Crippen LogP contribution in [0.25, 0.3) is 10.9 Å². The van der Waals surface area contributed by atoms with E-state index in [2.05, 4.69) is 10.3 Å². The molecule has 1 amide bonds. The van der Waals surface area contributed by atoms with E-state index < -0.39 is 0 Å². The summed E-state index contributed by atoms with van der Waals surface area (Å²) in [5.41, 5.74) is 5.68. The first kappa shape index (κ1) is 16.1. The van der Waals surface area contributed by atoms with E-state index in [1.165, 1.54) is 0 Å². The number of anilines is 1. The summed E-state index contributed by atoms with van der Waals surface area (Å²) in [5.74, 6) is -0.193. The average Bonchev–Trinajstić information content (AvgIpc) is 2.56. The van der Waals surface area contributed by atoms with E-state index in [-0.39, 0.29) is 12.5 Å². The Morgan fingerprint density at radius 3 is 2.62 bits per heavy atom. The van der Waals surface area contributed by atoms with Crippen molar-refractivity contribution in [3.63, 3.8) is 0 Å². The molecule has 0 fully saturated rings. The van der Waals surface area contributed by atoms with Crippen LogP contribution in [0.5, 0.6) is 0 Å². The van der Waals surface area contributed by atoms with E-state index in [9.17, 15) is 9.90 Å². The molecule has 0 unspecified atom stereocenters. The Bertz CT molecular complexity index is 932. The van der Waals surface area contributed by atoms with Gasteiger partial charge in [-0.15, -0.1) is 0 Å². The van der Waals surface area contributed by atoms with Crippen LogP contribution in [0.15, 0.2) is 42.5 Å². The van der Waals surface area contributed by atoms with Gasteiger partial charge in [-0.3, -0.25) is 9.78 Å². The predicted molar refractivity (Wildman–Crippen MR) is 96.3 cm³/mol. The number of nitrogens with zero attached hydrogens (tertiary/aromatic N) is 1. The SMILES string of the molecule is Cc1ccc2nc(C)c(C(=O)Nc3cc(CO)ccc3C)cc2c1. The third-order valence-corrected chi connectivity index (χ3v) is 4.14. The molecule has 0 saturated heterocycles. The third kappa shape index (κ3) is 3.14. The van der Waals surface area contributed by atoms with E-state index in [0.29, 0.717) is 16.9 Å². The first-order valence-corrected chi connectivity index (χ1v) is 7.87. The number of aromatic nitrogens is 1. The zero-order valence-corrected chi connectivity index (χ0v) is 14.1. The van der Waals surface area contributed by atoms with Crippen LogP contribution >= 0.6 is 0 Å². The van der Waals surface area contributed by atoms with Crippen molar-refractivity contribution in [1.82, 2.24) is 4.98 Å². The first-order valence-electron chi connectivity index (χ1n) is 7.87. The van der Waals surface area contributed by atoms with Crippen LogP contribution in [-0.4, -0.2) is 16.0 Å². The van der Waals surface area contributed by atoms with Gasteiger partial charge < -0.3 is 10.4 Å². The van der Waals surface area contributed by atoms with Crippen molar-refractivity contribution < 1.29 is 9.90 Å². The maximum absolute atomic E-state index is 12.7. The van der Waals surface area contributed by atoms with Gasteiger partial charge in [-0.2, -0.15) is 0 Å². The first-order chi connectivity index (χ1) is 11.5. The Morgan fingerprint density at radius 1 is 1.08 bits per heavy atom. The monoisotopic (exact) mass is 320 g/mol. The maximum atomic E-state index is 12.7. The van der Waals surface area contributed by atoms with Crippen molar-refractivity contribution in [2.24, 2.45) is 0 Å². The molecule has 3 aromatic rings. The van der Waals surface area contributed by atoms with Gasteiger partial charge in [-0.05, 0) is 56.2 Å². The number of benzene rings is 2. The van der Waals surface area contributed by atoms with Crippen LogP contribution in [0.1, 0.15) is 32.7 Å². The van der Waals surface area contributed by atoms with E-state index in [0.717, 1.165) is 27.6 Å². The normalized spacial score (nSPS) is 10.8. The zero-order chi connectivity index (χ0) is 17.3. The largest absolute Gasteiger partial charge is 0.392 e. The van der Waals surface area contributed by atoms with E-state index in [1.807, 2.05) is 57.2 Å². The standard InChI is InChI=1S/C20H20N2O2/c1-12-4-7-18-16(8-12)10-17(14(3)21-18)20(24)22-19-9-15(11-23)6-5-13(19)2/h4-10,23H,11H2,1-3H3,(H,22,24). The van der Waals surface area contributed by atoms with Crippen LogP contribution in [0.4, 0.5) is 5.69 Å². The number of nitrogens with one attached hydrogen (secondary N) is 1. The van der Waals surface area contributed by atoms with Gasteiger partial charge in [-0.1, -0.05) is 23.8 Å². The second kappa shape index (κ2) is 6.42. The minimum Gasteiger partial charge on any atom is -0.392 e. The minimum atomic E-state index is -0.193. The second-order valence-electron chi connectivity index (χ2n) is 6.08. The van der Waals surface area contributed by atoms with Gasteiger partial charge in [0.25, 0.3) is 5.91 Å². The quantitative estimate of drug-likeness (QED) is 0.769. The lowest BCUT2D eigenvalue weighted by Gasteiger charge is -2.12. The number of carbonyl (C=O) groups excluding carboxylic acids is 1. The average molecular weight is 320 g/mol. The van der Waals surface area contributed by atoms with Gasteiger partial charge in [0.2, 0.25) is 0 Å². The van der Waals surface area contributed by atoms with Crippen molar-refractivity contribution >= 4 is 22.5 Å². The van der Waals surface area contributed by atoms with E-state index in [4.69, 9.17) is 0 Å². The van der Waals surface area contributed by atoms with Crippen LogP contribution in [-0.2, 0) is 6.61 Å². The van der Waals surface area contributed by atoms with Gasteiger partial charge >= 0.3 is 0 Å². The molecule has 0 bridgehead atoms. The lowest BCUT2D eigenvalue weighted by Crippen LogP contribution is -2.15. The molecular weight excluding hydrogens is 300 g/mol. The van der Waals surface area contributed by atoms with Gasteiger partial charge in [0, 0.05) is 11.1 Å². The minimum absolute atomic E-state index is 0.0566. The molecule has 0 spiro atoms. The maximum Gasteiger partial charge on any atom is 0.257 e. The van der Waals surface area contributed by atoms with Crippen molar-refractivity contribution in [1.29, 1.82) is 0 Å². The van der Waals surface area contributed by atoms with Crippen molar-refractivity contribution in [3.05, 3.63) is 70.4 Å². The molecule has 2 aromatic carbocycles. The summed E-state index contributed by atoms with van der Waals surface area (Å²) >= 11 is 0. The van der Waals surface area contributed by atoms with Crippen molar-refractivity contribution in [2.75, 3.05) is 5.32 Å². The van der Waals surface area contributed by atoms with Gasteiger partial charge in [0.15, 0.2) is 0 Å². The number of rotatable bonds is 3. The molecular formula is C20H20N2O2. The molecule has 0 radical (unpaired) electrons. The number of carbonyl (C=O) groups is 1. The number of aryl methyl sites for hydroxylation is 3. The van der Waals surface area contributed by atoms with Gasteiger partial charge in [0.1, 0.15) is 0 Å². The van der Waals surface area contributed by atoms with Crippen molar-refractivity contribution in [2.45, 2.75) is 27.4 Å². The summed E-state index contributed by atoms with van der Waals surface area (Å²) in [6.45, 7) is 5.72. The molecule has 122 valence electrons. The smallest absolute Gasteiger partial charge is 0.257 e. The summed E-state index contributed by atoms with van der Waals surface area (Å²) < 4.78 is 0. The summed E-state index contributed by atoms with van der Waals surface area (Å²) in [6.07, 6.45) is 0. The second-order valence-corrected chi connectivity index (χ2v) is 6.08. The molecule has 4 nitrogen and oxygen atoms in total. The molecule has 0 saturated carbocycles. The van der Waals surface area contributed by atoms with Gasteiger partial charge in [0.05, 0.1) is 23.4 Å². The fourth-order valence-corrected chi connectivity index (χ4v) is 2.71. The van der Waals surface area contributed by atoms with Crippen LogP contribution in [0.2, 0.25) is 0 Å². The highest BCUT2D eigenvalue weighted by Gasteiger charge is 2.13.